The van der Waals surface area contributed by atoms with Gasteiger partial charge in [0, 0.05) is 54.1 Å². The van der Waals surface area contributed by atoms with Crippen molar-refractivity contribution in [1.29, 1.82) is 0 Å². The van der Waals surface area contributed by atoms with Gasteiger partial charge in [0.15, 0.2) is 0 Å². The minimum atomic E-state index is -4.09. The molecule has 5 rings (SSSR count). The smallest absolute Gasteiger partial charge is 0.322 e. The number of hydrogen-bond donors (Lipinski definition) is 4. The van der Waals surface area contributed by atoms with E-state index in [4.69, 9.17) is 0 Å². The topological polar surface area (TPSA) is 115 Å². The molecular formula is C28H34N4O4S. The molecule has 0 bridgehead atoms. The second-order valence-electron chi connectivity index (χ2n) is 9.41. The number of carbonyl (C=O) groups is 1. The Bertz CT molecular complexity index is 1460. The number of aliphatic carboxylic acids is 1. The van der Waals surface area contributed by atoms with Crippen LogP contribution in [0.2, 0.25) is 0 Å². The summed E-state index contributed by atoms with van der Waals surface area (Å²) in [7, 11) is -0.320. The molecule has 2 heterocycles. The molecular weight excluding hydrogens is 488 g/mol. The average Bonchev–Trinajstić information content (AvgIpc) is 3.31. The third-order valence-electron chi connectivity index (χ3n) is 6.53. The number of hydrogen-bond acceptors (Lipinski definition) is 5. The van der Waals surface area contributed by atoms with E-state index in [1.54, 1.807) is 24.4 Å². The summed E-state index contributed by atoms with van der Waals surface area (Å²) in [6.45, 7) is 2.50. The molecule has 1 unspecified atom stereocenters. The zero-order valence-corrected chi connectivity index (χ0v) is 22.0. The molecule has 1 aliphatic heterocycles. The number of rotatable bonds is 7. The van der Waals surface area contributed by atoms with Crippen LogP contribution in [-0.2, 0) is 21.2 Å². The molecule has 3 aromatic carbocycles. The Balaban J connectivity index is 0.000000469. The van der Waals surface area contributed by atoms with Crippen molar-refractivity contribution in [3.63, 3.8) is 0 Å². The normalized spacial score (nSPS) is 14.6. The number of H-pyrrole nitrogens is 1. The zero-order chi connectivity index (χ0) is 26.4. The molecule has 0 radical (unpaired) electrons. The largest absolute Gasteiger partial charge is 0.480 e. The highest BCUT2D eigenvalue weighted by Gasteiger charge is 2.28. The fraction of sp³-hybridized carbons (Fsp3) is 0.321. The average molecular weight is 523 g/mol. The second kappa shape index (κ2) is 11.8. The van der Waals surface area contributed by atoms with Gasteiger partial charge in [-0.3, -0.25) is 4.79 Å². The molecule has 196 valence electrons. The maximum atomic E-state index is 13.2. The van der Waals surface area contributed by atoms with E-state index in [2.05, 4.69) is 15.0 Å². The Hall–Kier alpha value is -3.40. The summed E-state index contributed by atoms with van der Waals surface area (Å²) < 4.78 is 28.9. The molecule has 0 spiro atoms. The molecule has 1 saturated heterocycles. The monoisotopic (exact) mass is 522 g/mol. The molecule has 4 N–H and O–H groups in total. The van der Waals surface area contributed by atoms with E-state index in [-0.39, 0.29) is 11.3 Å². The molecule has 1 fully saturated rings. The van der Waals surface area contributed by atoms with Gasteiger partial charge in [0.2, 0.25) is 10.0 Å². The number of piperidine rings is 1. The van der Waals surface area contributed by atoms with Crippen LogP contribution in [0, 0.1) is 0 Å². The highest BCUT2D eigenvalue weighted by Crippen LogP contribution is 2.30. The number of benzene rings is 3. The number of nitrogens with zero attached hydrogens (tertiary/aromatic N) is 1. The van der Waals surface area contributed by atoms with Crippen molar-refractivity contribution >= 4 is 43.4 Å². The minimum absolute atomic E-state index is 0.0201. The molecule has 0 aliphatic carbocycles. The molecule has 0 amide bonds. The lowest BCUT2D eigenvalue weighted by atomic mass is 10.1. The summed E-state index contributed by atoms with van der Waals surface area (Å²) in [6.07, 6.45) is 5.95. The third-order valence-corrected chi connectivity index (χ3v) is 8.06. The van der Waals surface area contributed by atoms with Crippen LogP contribution in [0.3, 0.4) is 0 Å². The van der Waals surface area contributed by atoms with Gasteiger partial charge in [-0.2, -0.15) is 4.72 Å². The van der Waals surface area contributed by atoms with Crippen LogP contribution in [-0.4, -0.2) is 57.7 Å². The quantitative estimate of drug-likeness (QED) is 0.290. The van der Waals surface area contributed by atoms with Crippen LogP contribution in [0.15, 0.2) is 71.8 Å². The minimum Gasteiger partial charge on any atom is -0.480 e. The van der Waals surface area contributed by atoms with Gasteiger partial charge in [-0.15, -0.1) is 0 Å². The first-order chi connectivity index (χ1) is 17.8. The number of carboxylic acid groups (broad SMARTS) is 1. The van der Waals surface area contributed by atoms with Gasteiger partial charge in [-0.1, -0.05) is 48.9 Å². The van der Waals surface area contributed by atoms with E-state index >= 15 is 0 Å². The maximum absolute atomic E-state index is 13.2. The molecule has 37 heavy (non-hydrogen) atoms. The Morgan fingerprint density at radius 2 is 1.62 bits per heavy atom. The van der Waals surface area contributed by atoms with E-state index < -0.39 is 22.0 Å². The first-order valence-electron chi connectivity index (χ1n) is 12.5. The van der Waals surface area contributed by atoms with Gasteiger partial charge < -0.3 is 20.3 Å². The van der Waals surface area contributed by atoms with Crippen LogP contribution >= 0.6 is 0 Å². The molecule has 9 heteroatoms. The summed E-state index contributed by atoms with van der Waals surface area (Å²) in [6, 6.07) is 16.6. The number of sulfonamides is 1. The van der Waals surface area contributed by atoms with E-state index in [1.807, 2.05) is 55.4 Å². The Morgan fingerprint density at radius 1 is 0.946 bits per heavy atom. The standard InChI is InChI=1S/C23H23N3O4S.C5H11N/c1-26(2)21-11-5-9-18-17(21)8-6-12-22(18)31(29,30)25-20(23(27)28)13-15-14-24-19-10-4-3-7-16(15)19;1-2-4-6-5-3-1/h3-12,14,20,24-25H,13H2,1-2H3,(H,27,28);6H,1-5H2. The Morgan fingerprint density at radius 3 is 2.27 bits per heavy atom. The Kier molecular flexibility index (Phi) is 8.48. The lowest BCUT2D eigenvalue weighted by Gasteiger charge is -2.18. The SMILES string of the molecule is C1CCNCC1.CN(C)c1cccc2c(S(=O)(=O)NC(Cc3c[nH]c4ccccc34)C(=O)O)cccc12. The van der Waals surface area contributed by atoms with Crippen molar-refractivity contribution in [2.24, 2.45) is 0 Å². The van der Waals surface area contributed by atoms with E-state index in [9.17, 15) is 18.3 Å². The summed E-state index contributed by atoms with van der Waals surface area (Å²) >= 11 is 0. The van der Waals surface area contributed by atoms with Gasteiger partial charge in [-0.05, 0) is 49.7 Å². The molecule has 4 aromatic rings. The molecule has 1 aromatic heterocycles. The summed E-state index contributed by atoms with van der Waals surface area (Å²) in [4.78, 5) is 17.0. The van der Waals surface area contributed by atoms with Crippen molar-refractivity contribution in [1.82, 2.24) is 15.0 Å². The van der Waals surface area contributed by atoms with Gasteiger partial charge in [-0.25, -0.2) is 8.42 Å². The van der Waals surface area contributed by atoms with E-state index in [1.165, 1.54) is 38.4 Å². The number of fused-ring (bicyclic) bond motifs is 2. The van der Waals surface area contributed by atoms with E-state index in [0.29, 0.717) is 5.39 Å². The van der Waals surface area contributed by atoms with Crippen LogP contribution < -0.4 is 14.9 Å². The lowest BCUT2D eigenvalue weighted by Crippen LogP contribution is -2.42. The number of nitrogens with one attached hydrogen (secondary N) is 3. The Labute approximate surface area is 217 Å². The summed E-state index contributed by atoms with van der Waals surface area (Å²) in [5.41, 5.74) is 2.48. The van der Waals surface area contributed by atoms with Gasteiger partial charge in [0.1, 0.15) is 6.04 Å². The zero-order valence-electron chi connectivity index (χ0n) is 21.2. The number of aromatic nitrogens is 1. The van der Waals surface area contributed by atoms with E-state index in [0.717, 1.165) is 27.5 Å². The molecule has 1 atom stereocenters. The van der Waals surface area contributed by atoms with Crippen LogP contribution in [0.4, 0.5) is 5.69 Å². The highest BCUT2D eigenvalue weighted by molar-refractivity contribution is 7.89. The van der Waals surface area contributed by atoms with Gasteiger partial charge >= 0.3 is 5.97 Å². The fourth-order valence-electron chi connectivity index (χ4n) is 4.64. The number of aromatic amines is 1. The van der Waals surface area contributed by atoms with Crippen LogP contribution in [0.5, 0.6) is 0 Å². The van der Waals surface area contributed by atoms with Crippen molar-refractivity contribution < 1.29 is 18.3 Å². The molecule has 0 saturated carbocycles. The van der Waals surface area contributed by atoms with Gasteiger partial charge in [0.05, 0.1) is 4.90 Å². The first kappa shape index (κ1) is 26.7. The van der Waals surface area contributed by atoms with Crippen molar-refractivity contribution in [3.8, 4) is 0 Å². The van der Waals surface area contributed by atoms with Crippen LogP contribution in [0.1, 0.15) is 24.8 Å². The first-order valence-corrected chi connectivity index (χ1v) is 14.0. The highest BCUT2D eigenvalue weighted by atomic mass is 32.2. The molecule has 1 aliphatic rings. The number of para-hydroxylation sites is 1. The van der Waals surface area contributed by atoms with Crippen LogP contribution in [0.25, 0.3) is 21.7 Å². The van der Waals surface area contributed by atoms with Gasteiger partial charge in [0.25, 0.3) is 0 Å². The molecule has 8 nitrogen and oxygen atoms in total. The predicted octanol–water partition coefficient (Wildman–Crippen LogP) is 4.12. The number of carboxylic acids is 1. The fourth-order valence-corrected chi connectivity index (χ4v) is 6.05. The summed E-state index contributed by atoms with van der Waals surface area (Å²) in [5.74, 6) is -1.23. The second-order valence-corrected chi connectivity index (χ2v) is 11.1. The van der Waals surface area contributed by atoms with Crippen molar-refractivity contribution in [2.45, 2.75) is 36.6 Å². The number of anilines is 1. The lowest BCUT2D eigenvalue weighted by molar-refractivity contribution is -0.138. The summed E-state index contributed by atoms with van der Waals surface area (Å²) in [5, 5.41) is 15.2. The maximum Gasteiger partial charge on any atom is 0.322 e. The predicted molar refractivity (Wildman–Crippen MR) is 149 cm³/mol. The van der Waals surface area contributed by atoms with Crippen molar-refractivity contribution in [2.75, 3.05) is 32.1 Å². The third kappa shape index (κ3) is 6.30. The van der Waals surface area contributed by atoms with Crippen molar-refractivity contribution in [3.05, 3.63) is 72.4 Å².